The first-order chi connectivity index (χ1) is 11.2. The van der Waals surface area contributed by atoms with Crippen LogP contribution in [0, 0.1) is 6.92 Å². The van der Waals surface area contributed by atoms with E-state index in [2.05, 4.69) is 4.98 Å². The second kappa shape index (κ2) is 5.60. The minimum atomic E-state index is 0.0686. The summed E-state index contributed by atoms with van der Waals surface area (Å²) in [4.78, 5) is 18.4. The largest absolute Gasteiger partial charge is 0.488 e. The van der Waals surface area contributed by atoms with Crippen LogP contribution < -0.4 is 4.74 Å². The first-order valence-electron chi connectivity index (χ1n) is 7.69. The van der Waals surface area contributed by atoms with Gasteiger partial charge in [-0.15, -0.1) is 11.8 Å². The van der Waals surface area contributed by atoms with Crippen LogP contribution in [0.15, 0.2) is 41.3 Å². The van der Waals surface area contributed by atoms with Crippen molar-refractivity contribution in [1.29, 1.82) is 0 Å². The fourth-order valence-corrected chi connectivity index (χ4v) is 4.80. The van der Waals surface area contributed by atoms with Crippen LogP contribution in [-0.4, -0.2) is 45.5 Å². The number of furan rings is 1. The summed E-state index contributed by atoms with van der Waals surface area (Å²) in [7, 11) is 0. The molecule has 4 heterocycles. The van der Waals surface area contributed by atoms with Crippen LogP contribution in [0.5, 0.6) is 5.75 Å². The third kappa shape index (κ3) is 2.72. The van der Waals surface area contributed by atoms with Crippen molar-refractivity contribution in [3.05, 3.63) is 48.2 Å². The van der Waals surface area contributed by atoms with Gasteiger partial charge in [0.25, 0.3) is 5.91 Å². The predicted molar refractivity (Wildman–Crippen MR) is 87.8 cm³/mol. The van der Waals surface area contributed by atoms with E-state index in [9.17, 15) is 4.79 Å². The Balaban J connectivity index is 1.35. The molecule has 23 heavy (non-hydrogen) atoms. The fourth-order valence-electron chi connectivity index (χ4n) is 3.28. The van der Waals surface area contributed by atoms with Crippen molar-refractivity contribution in [1.82, 2.24) is 9.88 Å². The van der Waals surface area contributed by atoms with Gasteiger partial charge in [0.05, 0.1) is 22.8 Å². The number of rotatable bonds is 3. The lowest BCUT2D eigenvalue weighted by atomic mass is 9.92. The summed E-state index contributed by atoms with van der Waals surface area (Å²) in [5.74, 6) is 2.53. The molecule has 2 fully saturated rings. The standard InChI is InChI=1S/C17H18N2O3S/c1-12-15(4-6-21-12)16(20)19-10-17(11-19)7-14(9-23-17)22-13-3-2-5-18-8-13/h2-6,8,14H,7,9-11H2,1H3/t14-/m0/s1. The van der Waals surface area contributed by atoms with Crippen LogP contribution in [0.3, 0.4) is 0 Å². The SMILES string of the molecule is Cc1occc1C(=O)N1CC2(C[C@H](Oc3cccnc3)CS2)C1. The number of aromatic nitrogens is 1. The Bertz CT molecular complexity index is 710. The maximum atomic E-state index is 12.4. The lowest BCUT2D eigenvalue weighted by molar-refractivity contribution is 0.0516. The van der Waals surface area contributed by atoms with Crippen LogP contribution >= 0.6 is 11.8 Å². The predicted octanol–water partition coefficient (Wildman–Crippen LogP) is 2.76. The number of hydrogen-bond acceptors (Lipinski definition) is 5. The number of carbonyl (C=O) groups excluding carboxylic acids is 1. The van der Waals surface area contributed by atoms with Gasteiger partial charge in [0.15, 0.2) is 0 Å². The Kier molecular flexibility index (Phi) is 3.56. The molecule has 0 N–H and O–H groups in total. The highest BCUT2D eigenvalue weighted by Gasteiger charge is 2.51. The van der Waals surface area contributed by atoms with Crippen molar-refractivity contribution in [2.24, 2.45) is 0 Å². The number of ether oxygens (including phenoxy) is 1. The second-order valence-corrected chi connectivity index (χ2v) is 7.67. The number of pyridine rings is 1. The monoisotopic (exact) mass is 330 g/mol. The molecule has 2 aromatic heterocycles. The molecule has 2 aliphatic heterocycles. The van der Waals surface area contributed by atoms with Crippen LogP contribution in [-0.2, 0) is 0 Å². The molecule has 1 amide bonds. The maximum Gasteiger partial charge on any atom is 0.257 e. The highest BCUT2D eigenvalue weighted by molar-refractivity contribution is 8.01. The summed E-state index contributed by atoms with van der Waals surface area (Å²) in [5.41, 5.74) is 0.672. The van der Waals surface area contributed by atoms with Crippen LogP contribution in [0.4, 0.5) is 0 Å². The summed E-state index contributed by atoms with van der Waals surface area (Å²) in [6, 6.07) is 5.56. The third-order valence-corrected chi connectivity index (χ3v) is 6.02. The van der Waals surface area contributed by atoms with E-state index >= 15 is 0 Å². The van der Waals surface area contributed by atoms with Gasteiger partial charge in [-0.2, -0.15) is 0 Å². The molecule has 0 bridgehead atoms. The minimum Gasteiger partial charge on any atom is -0.488 e. The molecule has 0 aliphatic carbocycles. The van der Waals surface area contributed by atoms with E-state index in [1.54, 1.807) is 24.7 Å². The Hall–Kier alpha value is -1.95. The van der Waals surface area contributed by atoms with E-state index in [0.29, 0.717) is 11.3 Å². The second-order valence-electron chi connectivity index (χ2n) is 6.18. The Labute approximate surface area is 139 Å². The number of hydrogen-bond donors (Lipinski definition) is 0. The number of amides is 1. The average molecular weight is 330 g/mol. The lowest BCUT2D eigenvalue weighted by Crippen LogP contribution is -2.60. The minimum absolute atomic E-state index is 0.0686. The van der Waals surface area contributed by atoms with Crippen molar-refractivity contribution in [2.75, 3.05) is 18.8 Å². The van der Waals surface area contributed by atoms with Gasteiger partial charge in [-0.1, -0.05) is 0 Å². The van der Waals surface area contributed by atoms with Gasteiger partial charge < -0.3 is 14.1 Å². The molecular formula is C17H18N2O3S. The van der Waals surface area contributed by atoms with Crippen LogP contribution in [0.25, 0.3) is 0 Å². The van der Waals surface area contributed by atoms with E-state index in [0.717, 1.165) is 31.0 Å². The van der Waals surface area contributed by atoms with Gasteiger partial charge in [-0.25, -0.2) is 0 Å². The molecule has 2 aromatic rings. The van der Waals surface area contributed by atoms with Gasteiger partial charge in [0.1, 0.15) is 17.6 Å². The molecule has 0 saturated carbocycles. The van der Waals surface area contributed by atoms with Crippen molar-refractivity contribution < 1.29 is 13.9 Å². The third-order valence-electron chi connectivity index (χ3n) is 4.45. The van der Waals surface area contributed by atoms with Crippen molar-refractivity contribution in [3.63, 3.8) is 0 Å². The molecule has 0 unspecified atom stereocenters. The number of aryl methyl sites for hydroxylation is 1. The smallest absolute Gasteiger partial charge is 0.257 e. The topological polar surface area (TPSA) is 55.6 Å². The Morgan fingerprint density at radius 1 is 1.48 bits per heavy atom. The zero-order valence-corrected chi connectivity index (χ0v) is 13.7. The van der Waals surface area contributed by atoms with Gasteiger partial charge in [-0.05, 0) is 25.1 Å². The first kappa shape index (κ1) is 14.6. The molecular weight excluding hydrogens is 312 g/mol. The van der Waals surface area contributed by atoms with Crippen molar-refractivity contribution >= 4 is 17.7 Å². The number of likely N-dealkylation sites (tertiary alicyclic amines) is 1. The molecule has 4 rings (SSSR count). The van der Waals surface area contributed by atoms with E-state index in [1.165, 1.54) is 0 Å². The van der Waals surface area contributed by atoms with E-state index < -0.39 is 0 Å². The molecule has 2 saturated heterocycles. The summed E-state index contributed by atoms with van der Waals surface area (Å²) in [6.45, 7) is 3.40. The zero-order valence-electron chi connectivity index (χ0n) is 12.9. The zero-order chi connectivity index (χ0) is 15.9. The normalized spacial score (nSPS) is 22.1. The van der Waals surface area contributed by atoms with Gasteiger partial charge in [-0.3, -0.25) is 9.78 Å². The summed E-state index contributed by atoms with van der Waals surface area (Å²) in [6.07, 6.45) is 6.22. The van der Waals surface area contributed by atoms with E-state index in [1.807, 2.05) is 35.7 Å². The van der Waals surface area contributed by atoms with Gasteiger partial charge in [0.2, 0.25) is 0 Å². The van der Waals surface area contributed by atoms with Crippen LogP contribution in [0.2, 0.25) is 0 Å². The average Bonchev–Trinajstić information content (AvgIpc) is 3.13. The quantitative estimate of drug-likeness (QED) is 0.866. The van der Waals surface area contributed by atoms with Crippen molar-refractivity contribution in [2.45, 2.75) is 24.2 Å². The highest BCUT2D eigenvalue weighted by Crippen LogP contribution is 2.46. The summed E-state index contributed by atoms with van der Waals surface area (Å²) < 4.78 is 11.4. The molecule has 2 aliphatic rings. The highest BCUT2D eigenvalue weighted by atomic mass is 32.2. The summed E-state index contributed by atoms with van der Waals surface area (Å²) >= 11 is 1.92. The lowest BCUT2D eigenvalue weighted by Gasteiger charge is -2.47. The molecule has 5 nitrogen and oxygen atoms in total. The van der Waals surface area contributed by atoms with Crippen molar-refractivity contribution in [3.8, 4) is 5.75 Å². The number of nitrogens with zero attached hydrogens (tertiary/aromatic N) is 2. The Morgan fingerprint density at radius 3 is 3.04 bits per heavy atom. The first-order valence-corrected chi connectivity index (χ1v) is 8.68. The molecule has 120 valence electrons. The molecule has 0 radical (unpaired) electrons. The molecule has 6 heteroatoms. The van der Waals surface area contributed by atoms with Gasteiger partial charge in [0, 0.05) is 31.5 Å². The van der Waals surface area contributed by atoms with E-state index in [4.69, 9.17) is 9.15 Å². The molecule has 1 atom stereocenters. The number of carbonyl (C=O) groups is 1. The molecule has 1 spiro atoms. The van der Waals surface area contributed by atoms with Gasteiger partial charge >= 0.3 is 0 Å². The number of thioether (sulfide) groups is 1. The Morgan fingerprint density at radius 2 is 2.35 bits per heavy atom. The maximum absolute atomic E-state index is 12.4. The van der Waals surface area contributed by atoms with E-state index in [-0.39, 0.29) is 16.8 Å². The van der Waals surface area contributed by atoms with Crippen LogP contribution in [0.1, 0.15) is 22.5 Å². The molecule has 0 aromatic carbocycles. The summed E-state index contributed by atoms with van der Waals surface area (Å²) in [5, 5.41) is 0. The fraction of sp³-hybridized carbons (Fsp3) is 0.412.